The van der Waals surface area contributed by atoms with Gasteiger partial charge in [0.1, 0.15) is 17.9 Å². The van der Waals surface area contributed by atoms with Crippen LogP contribution in [0.1, 0.15) is 33.3 Å². The third-order valence-corrected chi connectivity index (χ3v) is 2.27. The molecule has 0 bridgehead atoms. The Morgan fingerprint density at radius 1 is 1.53 bits per heavy atom. The number of nitrogens with one attached hydrogen (secondary N) is 2. The summed E-state index contributed by atoms with van der Waals surface area (Å²) in [6.07, 6.45) is 1.44. The minimum absolute atomic E-state index is 0.157. The Hall–Kier alpha value is -2.29. The molecule has 1 unspecified atom stereocenters. The van der Waals surface area contributed by atoms with Crippen molar-refractivity contribution in [3.8, 4) is 6.07 Å². The summed E-state index contributed by atoms with van der Waals surface area (Å²) in [5, 5.41) is 14.8. The summed E-state index contributed by atoms with van der Waals surface area (Å²) in [7, 11) is 0. The van der Waals surface area contributed by atoms with Crippen LogP contribution in [-0.2, 0) is 4.79 Å². The van der Waals surface area contributed by atoms with Crippen LogP contribution in [0, 0.1) is 11.3 Å². The van der Waals surface area contributed by atoms with E-state index in [-0.39, 0.29) is 11.4 Å². The number of pyridine rings is 1. The first-order valence-corrected chi connectivity index (χ1v) is 5.97. The topological polar surface area (TPSA) is 104 Å². The minimum atomic E-state index is -0.498. The van der Waals surface area contributed by atoms with Crippen LogP contribution < -0.4 is 16.4 Å². The van der Waals surface area contributed by atoms with Gasteiger partial charge in [0.25, 0.3) is 0 Å². The van der Waals surface area contributed by atoms with Gasteiger partial charge in [-0.3, -0.25) is 4.79 Å². The second-order valence-corrected chi connectivity index (χ2v) is 5.38. The third-order valence-electron chi connectivity index (χ3n) is 2.27. The van der Waals surface area contributed by atoms with Crippen molar-refractivity contribution < 1.29 is 4.79 Å². The maximum absolute atomic E-state index is 11.9. The fourth-order valence-electron chi connectivity index (χ4n) is 1.43. The van der Waals surface area contributed by atoms with Crippen molar-refractivity contribution in [1.82, 2.24) is 10.3 Å². The number of carbonyl (C=O) groups is 1. The monoisotopic (exact) mass is 261 g/mol. The van der Waals surface area contributed by atoms with Crippen molar-refractivity contribution in [3.05, 3.63) is 17.8 Å². The van der Waals surface area contributed by atoms with Crippen molar-refractivity contribution >= 4 is 17.4 Å². The van der Waals surface area contributed by atoms with E-state index >= 15 is 0 Å². The van der Waals surface area contributed by atoms with Crippen LogP contribution >= 0.6 is 0 Å². The molecule has 0 aliphatic heterocycles. The summed E-state index contributed by atoms with van der Waals surface area (Å²) in [5.74, 6) is 0.197. The van der Waals surface area contributed by atoms with Gasteiger partial charge in [0.2, 0.25) is 5.91 Å². The average Bonchev–Trinajstić information content (AvgIpc) is 2.29. The second kappa shape index (κ2) is 5.57. The van der Waals surface area contributed by atoms with Gasteiger partial charge in [-0.2, -0.15) is 5.26 Å². The third kappa shape index (κ3) is 4.47. The molecule has 102 valence electrons. The van der Waals surface area contributed by atoms with E-state index in [0.717, 1.165) is 0 Å². The lowest BCUT2D eigenvalue weighted by Crippen LogP contribution is -2.47. The van der Waals surface area contributed by atoms with Gasteiger partial charge in [0.15, 0.2) is 0 Å². The number of hydrogen-bond donors (Lipinski definition) is 3. The number of nitrogens with zero attached hydrogens (tertiary/aromatic N) is 2. The zero-order valence-corrected chi connectivity index (χ0v) is 11.6. The van der Waals surface area contributed by atoms with Crippen LogP contribution in [0.4, 0.5) is 11.5 Å². The lowest BCUT2D eigenvalue weighted by atomic mass is 10.1. The van der Waals surface area contributed by atoms with Crippen molar-refractivity contribution in [1.29, 1.82) is 5.26 Å². The molecule has 0 aliphatic rings. The molecule has 0 fully saturated rings. The Morgan fingerprint density at radius 2 is 2.16 bits per heavy atom. The van der Waals surface area contributed by atoms with Gasteiger partial charge in [0, 0.05) is 5.54 Å². The fourth-order valence-corrected chi connectivity index (χ4v) is 1.43. The lowest BCUT2D eigenvalue weighted by Gasteiger charge is -2.24. The van der Waals surface area contributed by atoms with Crippen molar-refractivity contribution in [2.45, 2.75) is 39.3 Å². The largest absolute Gasteiger partial charge is 0.397 e. The predicted molar refractivity (Wildman–Crippen MR) is 74.3 cm³/mol. The number of aromatic nitrogens is 1. The molecule has 1 rings (SSSR count). The van der Waals surface area contributed by atoms with Crippen molar-refractivity contribution in [2.24, 2.45) is 0 Å². The molecular formula is C13H19N5O. The van der Waals surface area contributed by atoms with E-state index in [0.29, 0.717) is 17.1 Å². The highest BCUT2D eigenvalue weighted by molar-refractivity contribution is 5.84. The smallest absolute Gasteiger partial charge is 0.242 e. The molecule has 1 amide bonds. The van der Waals surface area contributed by atoms with E-state index in [9.17, 15) is 4.79 Å². The molecule has 0 aliphatic carbocycles. The summed E-state index contributed by atoms with van der Waals surface area (Å²) in [6.45, 7) is 7.42. The number of nitrogens with two attached hydrogens (primary N) is 1. The first kappa shape index (κ1) is 14.8. The van der Waals surface area contributed by atoms with Gasteiger partial charge in [-0.05, 0) is 33.8 Å². The summed E-state index contributed by atoms with van der Waals surface area (Å²) < 4.78 is 0. The zero-order valence-electron chi connectivity index (χ0n) is 11.6. The molecule has 1 atom stereocenters. The standard InChI is InChI=1S/C13H19N5O/c1-8(12(19)18-13(2,3)4)17-11-9(6-14)5-10(15)7-16-11/h5,7-8H,15H2,1-4H3,(H,16,17)(H,18,19). The molecule has 0 radical (unpaired) electrons. The normalized spacial score (nSPS) is 12.4. The molecule has 6 heteroatoms. The van der Waals surface area contributed by atoms with Crippen LogP contribution in [0.15, 0.2) is 12.3 Å². The number of rotatable bonds is 3. The van der Waals surface area contributed by atoms with Gasteiger partial charge in [-0.15, -0.1) is 0 Å². The van der Waals surface area contributed by atoms with Crippen molar-refractivity contribution in [3.63, 3.8) is 0 Å². The van der Waals surface area contributed by atoms with Crippen LogP contribution in [0.2, 0.25) is 0 Å². The molecule has 1 aromatic rings. The molecule has 1 heterocycles. The van der Waals surface area contributed by atoms with Crippen LogP contribution in [0.3, 0.4) is 0 Å². The first-order valence-electron chi connectivity index (χ1n) is 5.97. The van der Waals surface area contributed by atoms with E-state index in [1.807, 2.05) is 26.8 Å². The number of anilines is 2. The van der Waals surface area contributed by atoms with E-state index in [4.69, 9.17) is 11.0 Å². The molecule has 19 heavy (non-hydrogen) atoms. The SMILES string of the molecule is CC(Nc1ncc(N)cc1C#N)C(=O)NC(C)(C)C. The number of nitrogen functional groups attached to an aromatic ring is 1. The highest BCUT2D eigenvalue weighted by atomic mass is 16.2. The van der Waals surface area contributed by atoms with Crippen LogP contribution in [0.25, 0.3) is 0 Å². The molecular weight excluding hydrogens is 242 g/mol. The van der Waals surface area contributed by atoms with Gasteiger partial charge in [0.05, 0.1) is 17.4 Å². The Labute approximate surface area is 113 Å². The number of nitriles is 1. The average molecular weight is 261 g/mol. The minimum Gasteiger partial charge on any atom is -0.397 e. The molecule has 0 saturated heterocycles. The van der Waals surface area contributed by atoms with Gasteiger partial charge < -0.3 is 16.4 Å². The zero-order chi connectivity index (χ0) is 14.6. The highest BCUT2D eigenvalue weighted by Gasteiger charge is 2.20. The summed E-state index contributed by atoms with van der Waals surface area (Å²) >= 11 is 0. The second-order valence-electron chi connectivity index (χ2n) is 5.38. The Kier molecular flexibility index (Phi) is 4.33. The summed E-state index contributed by atoms with van der Waals surface area (Å²) in [5.41, 5.74) is 5.98. The van der Waals surface area contributed by atoms with Gasteiger partial charge in [-0.25, -0.2) is 4.98 Å². The molecule has 0 aromatic carbocycles. The fraction of sp³-hybridized carbons (Fsp3) is 0.462. The summed E-state index contributed by atoms with van der Waals surface area (Å²) in [4.78, 5) is 15.9. The van der Waals surface area contributed by atoms with Gasteiger partial charge in [-0.1, -0.05) is 0 Å². The van der Waals surface area contributed by atoms with E-state index in [1.54, 1.807) is 6.92 Å². The maximum Gasteiger partial charge on any atom is 0.242 e. The number of carbonyl (C=O) groups excluding carboxylic acids is 1. The van der Waals surface area contributed by atoms with E-state index in [2.05, 4.69) is 15.6 Å². The summed E-state index contributed by atoms with van der Waals surface area (Å²) in [6, 6.07) is 3.01. The van der Waals surface area contributed by atoms with Crippen LogP contribution in [0.5, 0.6) is 0 Å². The van der Waals surface area contributed by atoms with Crippen molar-refractivity contribution in [2.75, 3.05) is 11.1 Å². The Balaban J connectivity index is 2.80. The molecule has 6 nitrogen and oxygen atoms in total. The Morgan fingerprint density at radius 3 is 2.68 bits per heavy atom. The van der Waals surface area contributed by atoms with Crippen LogP contribution in [-0.4, -0.2) is 22.5 Å². The highest BCUT2D eigenvalue weighted by Crippen LogP contribution is 2.15. The predicted octanol–water partition coefficient (Wildman–Crippen LogP) is 1.25. The van der Waals surface area contributed by atoms with E-state index in [1.165, 1.54) is 12.3 Å². The number of hydrogen-bond acceptors (Lipinski definition) is 5. The quantitative estimate of drug-likeness (QED) is 0.759. The van der Waals surface area contributed by atoms with Gasteiger partial charge >= 0.3 is 0 Å². The first-order chi connectivity index (χ1) is 8.73. The molecule has 4 N–H and O–H groups in total. The lowest BCUT2D eigenvalue weighted by molar-refractivity contribution is -0.122. The number of amides is 1. The van der Waals surface area contributed by atoms with E-state index < -0.39 is 6.04 Å². The maximum atomic E-state index is 11.9. The Bertz CT molecular complexity index is 513. The molecule has 0 saturated carbocycles. The molecule has 1 aromatic heterocycles. The molecule has 0 spiro atoms.